The molecule has 2 unspecified atom stereocenters. The average Bonchev–Trinajstić information content (AvgIpc) is 3.19. The van der Waals surface area contributed by atoms with Crippen LogP contribution >= 0.6 is 22.0 Å². The highest BCUT2D eigenvalue weighted by molar-refractivity contribution is 8.12. The summed E-state index contributed by atoms with van der Waals surface area (Å²) in [5, 5.41) is 0. The molecule has 1 aliphatic rings. The van der Waals surface area contributed by atoms with Crippen molar-refractivity contribution in [2.45, 2.75) is 42.2 Å². The fourth-order valence-electron chi connectivity index (χ4n) is 2.69. The molecule has 0 radical (unpaired) electrons. The molecule has 1 aromatic carbocycles. The highest BCUT2D eigenvalue weighted by Crippen LogP contribution is 2.30. The second-order valence-electron chi connectivity index (χ2n) is 6.41. The van der Waals surface area contributed by atoms with Gasteiger partial charge in [0.2, 0.25) is 0 Å². The Morgan fingerprint density at radius 1 is 1.18 bits per heavy atom. The molecule has 0 spiro atoms. The minimum Gasteiger partial charge on any atom is -0.331 e. The molecule has 1 aliphatic heterocycles. The zero-order valence-corrected chi connectivity index (χ0v) is 19.0. The molecule has 0 amide bonds. The number of halogens is 1. The third-order valence-electron chi connectivity index (χ3n) is 4.15. The molecule has 0 aliphatic carbocycles. The molecule has 3 rings (SSSR count). The number of piperidine rings is 1. The SMILES string of the molecule is C=C(NS(=C)c1ccc(C)cc1)c1ccc(S(=O)N2CCCCC2)s1.CCF. The first-order valence-corrected chi connectivity index (χ1v) is 12.7. The van der Waals surface area contributed by atoms with Crippen molar-refractivity contribution < 1.29 is 8.60 Å². The van der Waals surface area contributed by atoms with Crippen LogP contribution in [0.25, 0.3) is 5.70 Å². The fraction of sp³-hybridized carbons (Fsp3) is 0.381. The first-order chi connectivity index (χ1) is 13.5. The monoisotopic (exact) mass is 440 g/mol. The first kappa shape index (κ1) is 23.0. The molecule has 1 fully saturated rings. The van der Waals surface area contributed by atoms with Crippen molar-refractivity contribution >= 4 is 44.6 Å². The van der Waals surface area contributed by atoms with Crippen LogP contribution in [0.5, 0.6) is 0 Å². The van der Waals surface area contributed by atoms with E-state index in [2.05, 4.69) is 52.7 Å². The van der Waals surface area contributed by atoms with Crippen LogP contribution in [0.4, 0.5) is 4.39 Å². The Labute approximate surface area is 177 Å². The number of benzene rings is 1. The first-order valence-electron chi connectivity index (χ1n) is 9.35. The zero-order valence-electron chi connectivity index (χ0n) is 16.6. The highest BCUT2D eigenvalue weighted by Gasteiger charge is 2.19. The van der Waals surface area contributed by atoms with Crippen molar-refractivity contribution in [3.63, 3.8) is 0 Å². The predicted octanol–water partition coefficient (Wildman–Crippen LogP) is 5.78. The second-order valence-corrected chi connectivity index (χ2v) is 10.7. The molecule has 0 saturated carbocycles. The summed E-state index contributed by atoms with van der Waals surface area (Å²) in [4.78, 5) is 2.18. The number of hydrogen-bond donors (Lipinski definition) is 1. The second kappa shape index (κ2) is 11.7. The minimum absolute atomic E-state index is 0.250. The summed E-state index contributed by atoms with van der Waals surface area (Å²) >= 11 is 1.56. The number of thiophene rings is 1. The Hall–Kier alpha value is -1.28. The molecule has 1 N–H and O–H groups in total. The van der Waals surface area contributed by atoms with E-state index in [0.29, 0.717) is 0 Å². The van der Waals surface area contributed by atoms with E-state index in [9.17, 15) is 8.60 Å². The van der Waals surface area contributed by atoms with Gasteiger partial charge in [-0.1, -0.05) is 47.2 Å². The Bertz CT molecular complexity index is 811. The van der Waals surface area contributed by atoms with E-state index in [1.54, 1.807) is 11.3 Å². The van der Waals surface area contributed by atoms with Gasteiger partial charge in [-0.3, -0.25) is 4.39 Å². The van der Waals surface area contributed by atoms with Gasteiger partial charge >= 0.3 is 0 Å². The van der Waals surface area contributed by atoms with E-state index < -0.39 is 11.0 Å². The van der Waals surface area contributed by atoms with E-state index >= 15 is 0 Å². The molecule has 28 heavy (non-hydrogen) atoms. The van der Waals surface area contributed by atoms with Crippen LogP contribution in [0.1, 0.15) is 36.6 Å². The lowest BCUT2D eigenvalue weighted by molar-refractivity contribution is 0.366. The highest BCUT2D eigenvalue weighted by atomic mass is 32.2. The lowest BCUT2D eigenvalue weighted by Gasteiger charge is -2.24. The van der Waals surface area contributed by atoms with E-state index in [4.69, 9.17) is 0 Å². The maximum absolute atomic E-state index is 12.7. The fourth-order valence-corrected chi connectivity index (χ4v) is 6.31. The molecule has 1 aromatic heterocycles. The van der Waals surface area contributed by atoms with Crippen LogP contribution in [0, 0.1) is 6.92 Å². The number of alkyl halides is 1. The molecule has 0 bridgehead atoms. The standard InChI is InChI=1S/C19H24N2OS3.C2H5F/c1-15-7-9-17(10-8-15)24(3)20-16(2)18-11-12-19(23-18)25(22)21-13-5-4-6-14-21;1-2-3/h7-12,20H,2-6,13-14H2,1H3;2H2,1H3. The van der Waals surface area contributed by atoms with Gasteiger partial charge in [0.05, 0.1) is 17.2 Å². The van der Waals surface area contributed by atoms with Gasteiger partial charge in [-0.2, -0.15) is 0 Å². The zero-order chi connectivity index (χ0) is 20.5. The van der Waals surface area contributed by atoms with Gasteiger partial charge in [-0.25, -0.2) is 8.51 Å². The van der Waals surface area contributed by atoms with Crippen LogP contribution in [-0.4, -0.2) is 34.1 Å². The van der Waals surface area contributed by atoms with Gasteiger partial charge in [0.25, 0.3) is 0 Å². The molecular weight excluding hydrogens is 411 g/mol. The number of aryl methyl sites for hydroxylation is 1. The van der Waals surface area contributed by atoms with Crippen LogP contribution in [0.3, 0.4) is 0 Å². The Balaban J connectivity index is 0.000000878. The van der Waals surface area contributed by atoms with Crippen molar-refractivity contribution in [2.24, 2.45) is 0 Å². The molecule has 1 saturated heterocycles. The molecule has 7 heteroatoms. The number of nitrogens with zero attached hydrogens (tertiary/aromatic N) is 1. The summed E-state index contributed by atoms with van der Waals surface area (Å²) in [5.41, 5.74) is 2.08. The summed E-state index contributed by atoms with van der Waals surface area (Å²) in [5.74, 6) is 4.21. The van der Waals surface area contributed by atoms with Crippen molar-refractivity contribution in [3.8, 4) is 0 Å². The average molecular weight is 441 g/mol. The van der Waals surface area contributed by atoms with Gasteiger partial charge < -0.3 is 4.72 Å². The van der Waals surface area contributed by atoms with E-state index in [-0.39, 0.29) is 17.3 Å². The quantitative estimate of drug-likeness (QED) is 0.578. The van der Waals surface area contributed by atoms with Gasteiger partial charge in [0.1, 0.15) is 15.2 Å². The van der Waals surface area contributed by atoms with Crippen molar-refractivity contribution in [1.82, 2.24) is 9.03 Å². The summed E-state index contributed by atoms with van der Waals surface area (Å²) in [7, 11) is -1.40. The largest absolute Gasteiger partial charge is 0.331 e. The molecular formula is C21H29FN2OS3. The van der Waals surface area contributed by atoms with E-state index in [1.165, 1.54) is 18.9 Å². The third-order valence-corrected chi connectivity index (χ3v) is 8.42. The van der Waals surface area contributed by atoms with Crippen LogP contribution in [-0.2, 0) is 11.0 Å². The lowest BCUT2D eigenvalue weighted by Crippen LogP contribution is -2.31. The van der Waals surface area contributed by atoms with Gasteiger partial charge in [-0.05, 0) is 51.0 Å². The molecule has 2 aromatic rings. The predicted molar refractivity (Wildman–Crippen MR) is 124 cm³/mol. The molecule has 2 atom stereocenters. The Morgan fingerprint density at radius 2 is 1.79 bits per heavy atom. The van der Waals surface area contributed by atoms with Gasteiger partial charge in [0.15, 0.2) is 0 Å². The van der Waals surface area contributed by atoms with Crippen LogP contribution in [0.15, 0.2) is 52.1 Å². The summed E-state index contributed by atoms with van der Waals surface area (Å²) in [6, 6.07) is 12.3. The van der Waals surface area contributed by atoms with Crippen LogP contribution in [0.2, 0.25) is 0 Å². The van der Waals surface area contributed by atoms with Crippen molar-refractivity contribution in [3.05, 3.63) is 53.4 Å². The topological polar surface area (TPSA) is 32.3 Å². The van der Waals surface area contributed by atoms with Crippen molar-refractivity contribution in [2.75, 3.05) is 19.8 Å². The third kappa shape index (κ3) is 6.65. The number of rotatable bonds is 6. The minimum atomic E-state index is -1.05. The summed E-state index contributed by atoms with van der Waals surface area (Å²) in [6.07, 6.45) is 3.52. The van der Waals surface area contributed by atoms with Gasteiger partial charge in [0, 0.05) is 18.0 Å². The molecule has 154 valence electrons. The lowest BCUT2D eigenvalue weighted by atomic mass is 10.2. The Kier molecular flexibility index (Phi) is 9.58. The maximum atomic E-state index is 12.7. The normalized spacial score (nSPS) is 16.5. The number of nitrogens with one attached hydrogen (secondary N) is 1. The Morgan fingerprint density at radius 3 is 2.39 bits per heavy atom. The van der Waals surface area contributed by atoms with Crippen molar-refractivity contribution in [1.29, 1.82) is 0 Å². The smallest absolute Gasteiger partial charge is 0.137 e. The number of hydrogen-bond acceptors (Lipinski definition) is 3. The summed E-state index contributed by atoms with van der Waals surface area (Å²) in [6.45, 7) is 9.28. The van der Waals surface area contributed by atoms with Gasteiger partial charge in [-0.15, -0.1) is 11.3 Å². The van der Waals surface area contributed by atoms with E-state index in [0.717, 1.165) is 45.6 Å². The van der Waals surface area contributed by atoms with Crippen LogP contribution < -0.4 is 4.72 Å². The molecule has 3 nitrogen and oxygen atoms in total. The molecule has 2 heterocycles. The summed E-state index contributed by atoms with van der Waals surface area (Å²) < 4.78 is 29.4. The van der Waals surface area contributed by atoms with E-state index in [1.807, 2.05) is 12.1 Å². The maximum Gasteiger partial charge on any atom is 0.137 e.